The number of amides is 4. The van der Waals surface area contributed by atoms with E-state index in [0.29, 0.717) is 13.0 Å². The summed E-state index contributed by atoms with van der Waals surface area (Å²) in [6.07, 6.45) is 3.56. The number of hydrogen-bond acceptors (Lipinski definition) is 3. The van der Waals surface area contributed by atoms with E-state index in [-0.39, 0.29) is 30.3 Å². The Hall–Kier alpha value is -2.37. The van der Waals surface area contributed by atoms with Crippen LogP contribution in [0.5, 0.6) is 0 Å². The zero-order valence-corrected chi connectivity index (χ0v) is 16.4. The van der Waals surface area contributed by atoms with E-state index in [1.54, 1.807) is 4.90 Å². The summed E-state index contributed by atoms with van der Waals surface area (Å²) in [5.41, 5.74) is 0.201. The molecule has 1 aliphatic heterocycles. The van der Waals surface area contributed by atoms with Crippen molar-refractivity contribution in [3.8, 4) is 0 Å². The van der Waals surface area contributed by atoms with Gasteiger partial charge in [-0.15, -0.1) is 0 Å². The predicted octanol–water partition coefficient (Wildman–Crippen LogP) is 2.92. The average molecular weight is 371 g/mol. The predicted molar refractivity (Wildman–Crippen MR) is 103 cm³/mol. The van der Waals surface area contributed by atoms with Gasteiger partial charge >= 0.3 is 6.03 Å². The van der Waals surface area contributed by atoms with Crippen molar-refractivity contribution in [1.82, 2.24) is 15.1 Å². The number of carbonyl (C=O) groups is 3. The monoisotopic (exact) mass is 371 g/mol. The Morgan fingerprint density at radius 1 is 1.26 bits per heavy atom. The maximum absolute atomic E-state index is 13.1. The van der Waals surface area contributed by atoms with Crippen molar-refractivity contribution in [2.24, 2.45) is 5.92 Å². The topological polar surface area (TPSA) is 69.7 Å². The Kier molecular flexibility index (Phi) is 5.53. The highest BCUT2D eigenvalue weighted by Gasteiger charge is 2.55. The number of benzene rings is 1. The van der Waals surface area contributed by atoms with Gasteiger partial charge in [0.25, 0.3) is 5.91 Å². The number of carbonyl (C=O) groups excluding carboxylic acids is 3. The third-order valence-electron chi connectivity index (χ3n) is 5.93. The van der Waals surface area contributed by atoms with E-state index in [1.165, 1.54) is 0 Å². The molecule has 1 heterocycles. The van der Waals surface area contributed by atoms with Crippen LogP contribution in [-0.2, 0) is 16.1 Å². The normalized spacial score (nSPS) is 25.2. The average Bonchev–Trinajstić information content (AvgIpc) is 2.88. The molecule has 27 heavy (non-hydrogen) atoms. The van der Waals surface area contributed by atoms with Crippen LogP contribution < -0.4 is 5.32 Å². The van der Waals surface area contributed by atoms with Crippen LogP contribution in [0, 0.1) is 5.92 Å². The molecule has 146 valence electrons. The van der Waals surface area contributed by atoms with Crippen LogP contribution in [0.15, 0.2) is 30.3 Å². The van der Waals surface area contributed by atoms with E-state index in [2.05, 4.69) is 5.32 Å². The van der Waals surface area contributed by atoms with Crippen molar-refractivity contribution in [3.05, 3.63) is 35.9 Å². The molecule has 2 fully saturated rings. The third kappa shape index (κ3) is 3.70. The lowest BCUT2D eigenvalue weighted by molar-refractivity contribution is -0.141. The molecule has 3 rings (SSSR count). The first-order valence-corrected chi connectivity index (χ1v) is 9.82. The van der Waals surface area contributed by atoms with Gasteiger partial charge in [0.1, 0.15) is 12.1 Å². The van der Waals surface area contributed by atoms with Gasteiger partial charge in [-0.3, -0.25) is 14.5 Å². The zero-order chi connectivity index (χ0) is 19.6. The van der Waals surface area contributed by atoms with Crippen molar-refractivity contribution in [3.63, 3.8) is 0 Å². The van der Waals surface area contributed by atoms with Gasteiger partial charge in [0.05, 0.1) is 0 Å². The van der Waals surface area contributed by atoms with E-state index in [4.69, 9.17) is 0 Å². The SMILES string of the molecule is CC(C)N(Cc1ccccc1)C(=O)CN1C(=O)NC2(CCCCC2C)C1=O. The molecule has 2 atom stereocenters. The van der Waals surface area contributed by atoms with Gasteiger partial charge in [0.2, 0.25) is 5.91 Å². The number of rotatable bonds is 5. The van der Waals surface area contributed by atoms with Gasteiger partial charge in [-0.2, -0.15) is 0 Å². The molecule has 1 aliphatic carbocycles. The summed E-state index contributed by atoms with van der Waals surface area (Å²) in [6, 6.07) is 9.27. The van der Waals surface area contributed by atoms with Gasteiger partial charge in [-0.05, 0) is 38.2 Å². The Morgan fingerprint density at radius 2 is 1.96 bits per heavy atom. The first-order valence-electron chi connectivity index (χ1n) is 9.82. The first-order chi connectivity index (χ1) is 12.8. The molecule has 4 amide bonds. The summed E-state index contributed by atoms with van der Waals surface area (Å²) in [6.45, 7) is 6.15. The maximum atomic E-state index is 13.1. The van der Waals surface area contributed by atoms with Crippen molar-refractivity contribution in [1.29, 1.82) is 0 Å². The fourth-order valence-electron chi connectivity index (χ4n) is 4.20. The molecule has 1 N–H and O–H groups in total. The minimum absolute atomic E-state index is 0.0268. The summed E-state index contributed by atoms with van der Waals surface area (Å²) < 4.78 is 0. The Morgan fingerprint density at radius 3 is 2.59 bits per heavy atom. The smallest absolute Gasteiger partial charge is 0.325 e. The number of nitrogens with one attached hydrogen (secondary N) is 1. The molecular weight excluding hydrogens is 342 g/mol. The second kappa shape index (κ2) is 7.71. The summed E-state index contributed by atoms with van der Waals surface area (Å²) >= 11 is 0. The summed E-state index contributed by atoms with van der Waals surface area (Å²) in [4.78, 5) is 41.3. The lowest BCUT2D eigenvalue weighted by atomic mass is 9.73. The Bertz CT molecular complexity index is 719. The number of urea groups is 1. The van der Waals surface area contributed by atoms with E-state index in [0.717, 1.165) is 29.7 Å². The van der Waals surface area contributed by atoms with Crippen molar-refractivity contribution < 1.29 is 14.4 Å². The molecule has 2 unspecified atom stereocenters. The molecule has 1 aromatic rings. The van der Waals surface area contributed by atoms with Crippen LogP contribution in [0.4, 0.5) is 4.79 Å². The Balaban J connectivity index is 1.73. The van der Waals surface area contributed by atoms with Crippen LogP contribution in [0.3, 0.4) is 0 Å². The van der Waals surface area contributed by atoms with E-state index < -0.39 is 11.6 Å². The second-order valence-electron chi connectivity index (χ2n) is 8.04. The van der Waals surface area contributed by atoms with Crippen LogP contribution in [0.25, 0.3) is 0 Å². The van der Waals surface area contributed by atoms with E-state index in [1.807, 2.05) is 51.1 Å². The van der Waals surface area contributed by atoms with Crippen molar-refractivity contribution in [2.45, 2.75) is 64.6 Å². The molecule has 1 saturated heterocycles. The molecule has 1 spiro atoms. The lowest BCUT2D eigenvalue weighted by Gasteiger charge is -2.37. The summed E-state index contributed by atoms with van der Waals surface area (Å²) in [5.74, 6) is -0.359. The maximum Gasteiger partial charge on any atom is 0.325 e. The Labute approximate surface area is 160 Å². The second-order valence-corrected chi connectivity index (χ2v) is 8.04. The van der Waals surface area contributed by atoms with Crippen LogP contribution in [0.1, 0.15) is 52.0 Å². The number of imide groups is 1. The van der Waals surface area contributed by atoms with E-state index >= 15 is 0 Å². The third-order valence-corrected chi connectivity index (χ3v) is 5.93. The molecule has 6 heteroatoms. The highest BCUT2D eigenvalue weighted by Crippen LogP contribution is 2.38. The molecule has 0 radical (unpaired) electrons. The minimum atomic E-state index is -0.822. The standard InChI is InChI=1S/C21H29N3O3/c1-15(2)23(13-17-10-5-4-6-11-17)18(25)14-24-19(26)21(22-20(24)27)12-8-7-9-16(21)3/h4-6,10-11,15-16H,7-9,12-14H2,1-3H3,(H,22,27). The highest BCUT2D eigenvalue weighted by atomic mass is 16.2. The first kappa shape index (κ1) is 19.4. The number of hydrogen-bond donors (Lipinski definition) is 1. The molecule has 6 nitrogen and oxygen atoms in total. The molecule has 2 aliphatic rings. The van der Waals surface area contributed by atoms with Crippen LogP contribution in [-0.4, -0.2) is 45.8 Å². The molecule has 0 bridgehead atoms. The highest BCUT2D eigenvalue weighted by molar-refractivity contribution is 6.09. The largest absolute Gasteiger partial charge is 0.334 e. The van der Waals surface area contributed by atoms with Crippen LogP contribution in [0.2, 0.25) is 0 Å². The van der Waals surface area contributed by atoms with Crippen LogP contribution >= 0.6 is 0 Å². The molecule has 1 saturated carbocycles. The van der Waals surface area contributed by atoms with Crippen molar-refractivity contribution in [2.75, 3.05) is 6.54 Å². The van der Waals surface area contributed by atoms with Gasteiger partial charge in [-0.1, -0.05) is 50.1 Å². The minimum Gasteiger partial charge on any atom is -0.334 e. The molecule has 1 aromatic carbocycles. The summed E-state index contributed by atoms with van der Waals surface area (Å²) in [5, 5.41) is 2.91. The van der Waals surface area contributed by atoms with Gasteiger partial charge < -0.3 is 10.2 Å². The number of nitrogens with zero attached hydrogens (tertiary/aromatic N) is 2. The van der Waals surface area contributed by atoms with Gasteiger partial charge in [0.15, 0.2) is 0 Å². The molecular formula is C21H29N3O3. The quantitative estimate of drug-likeness (QED) is 0.809. The zero-order valence-electron chi connectivity index (χ0n) is 16.4. The van der Waals surface area contributed by atoms with Crippen molar-refractivity contribution >= 4 is 17.8 Å². The fraction of sp³-hybridized carbons (Fsp3) is 0.571. The van der Waals surface area contributed by atoms with Gasteiger partial charge in [-0.25, -0.2) is 4.79 Å². The van der Waals surface area contributed by atoms with E-state index in [9.17, 15) is 14.4 Å². The summed E-state index contributed by atoms with van der Waals surface area (Å²) in [7, 11) is 0. The fourth-order valence-corrected chi connectivity index (χ4v) is 4.20. The molecule has 0 aromatic heterocycles. The lowest BCUT2D eigenvalue weighted by Crippen LogP contribution is -2.54. The van der Waals surface area contributed by atoms with Gasteiger partial charge in [0, 0.05) is 12.6 Å².